The molecule has 110 valence electrons. The van der Waals surface area contributed by atoms with Gasteiger partial charge in [-0.1, -0.05) is 0 Å². The lowest BCUT2D eigenvalue weighted by molar-refractivity contribution is -0.273. The molecule has 0 atom stereocenters. The minimum atomic E-state index is 0.0286. The second-order valence-electron chi connectivity index (χ2n) is 7.98. The molecule has 19 heavy (non-hydrogen) atoms. The Labute approximate surface area is 118 Å². The standard InChI is InChI=1S/C17H30O2/c1-11(2)18-16(19-12(3)4)17-8-13-5-14(9-17)7-15(6-13)10-17/h11-16H,5-10H2,1-4H3. The lowest BCUT2D eigenvalue weighted by Crippen LogP contribution is -2.54. The van der Waals surface area contributed by atoms with Crippen LogP contribution >= 0.6 is 0 Å². The van der Waals surface area contributed by atoms with Gasteiger partial charge in [0.05, 0.1) is 12.2 Å². The predicted octanol–water partition coefficient (Wildman–Crippen LogP) is 4.38. The minimum absolute atomic E-state index is 0.0286. The SMILES string of the molecule is CC(C)OC(OC(C)C)C12CC3CC(CC(C3)C1)C2. The van der Waals surface area contributed by atoms with Gasteiger partial charge in [0.2, 0.25) is 0 Å². The monoisotopic (exact) mass is 266 g/mol. The van der Waals surface area contributed by atoms with E-state index in [1.165, 1.54) is 38.5 Å². The molecule has 0 aromatic carbocycles. The molecule has 0 saturated heterocycles. The van der Waals surface area contributed by atoms with Crippen molar-refractivity contribution < 1.29 is 9.47 Å². The molecule has 0 amide bonds. The van der Waals surface area contributed by atoms with Crippen molar-refractivity contribution in [2.75, 3.05) is 0 Å². The number of hydrogen-bond acceptors (Lipinski definition) is 2. The van der Waals surface area contributed by atoms with Gasteiger partial charge in [0.25, 0.3) is 0 Å². The molecule has 0 unspecified atom stereocenters. The summed E-state index contributed by atoms with van der Waals surface area (Å²) in [4.78, 5) is 0. The Bertz CT molecular complexity index is 276. The van der Waals surface area contributed by atoms with Crippen molar-refractivity contribution in [1.82, 2.24) is 0 Å². The molecule has 4 aliphatic carbocycles. The smallest absolute Gasteiger partial charge is 0.163 e. The predicted molar refractivity (Wildman–Crippen MR) is 76.8 cm³/mol. The van der Waals surface area contributed by atoms with Gasteiger partial charge < -0.3 is 9.47 Å². The Hall–Kier alpha value is -0.0800. The molecule has 4 bridgehead atoms. The summed E-state index contributed by atoms with van der Waals surface area (Å²) in [6, 6.07) is 0. The van der Waals surface area contributed by atoms with Crippen molar-refractivity contribution in [3.8, 4) is 0 Å². The van der Waals surface area contributed by atoms with E-state index in [2.05, 4.69) is 27.7 Å². The van der Waals surface area contributed by atoms with Crippen LogP contribution in [0.4, 0.5) is 0 Å². The van der Waals surface area contributed by atoms with Crippen LogP contribution in [0.1, 0.15) is 66.2 Å². The van der Waals surface area contributed by atoms with Crippen LogP contribution < -0.4 is 0 Å². The number of ether oxygens (including phenoxy) is 2. The van der Waals surface area contributed by atoms with Gasteiger partial charge in [-0.3, -0.25) is 0 Å². The Morgan fingerprint density at radius 1 is 0.737 bits per heavy atom. The summed E-state index contributed by atoms with van der Waals surface area (Å²) in [5, 5.41) is 0. The van der Waals surface area contributed by atoms with Crippen molar-refractivity contribution >= 4 is 0 Å². The second-order valence-corrected chi connectivity index (χ2v) is 7.98. The molecule has 4 aliphatic rings. The Balaban J connectivity index is 1.80. The van der Waals surface area contributed by atoms with Gasteiger partial charge in [0, 0.05) is 5.41 Å². The van der Waals surface area contributed by atoms with E-state index in [9.17, 15) is 0 Å². The van der Waals surface area contributed by atoms with Gasteiger partial charge in [0.1, 0.15) is 0 Å². The third kappa shape index (κ3) is 2.71. The highest BCUT2D eigenvalue weighted by Crippen LogP contribution is 2.62. The summed E-state index contributed by atoms with van der Waals surface area (Å²) in [6.07, 6.45) is 9.05. The van der Waals surface area contributed by atoms with Gasteiger partial charge >= 0.3 is 0 Å². The molecular formula is C17H30O2. The summed E-state index contributed by atoms with van der Waals surface area (Å²) in [7, 11) is 0. The molecule has 0 spiro atoms. The first-order valence-electron chi connectivity index (χ1n) is 8.28. The van der Waals surface area contributed by atoms with Gasteiger partial charge in [-0.2, -0.15) is 0 Å². The van der Waals surface area contributed by atoms with Crippen LogP contribution in [-0.4, -0.2) is 18.5 Å². The highest BCUT2D eigenvalue weighted by molar-refractivity contribution is 5.03. The van der Waals surface area contributed by atoms with Crippen LogP contribution in [0.25, 0.3) is 0 Å². The van der Waals surface area contributed by atoms with Crippen LogP contribution in [0.3, 0.4) is 0 Å². The van der Waals surface area contributed by atoms with E-state index >= 15 is 0 Å². The maximum Gasteiger partial charge on any atom is 0.163 e. The number of rotatable bonds is 5. The zero-order chi connectivity index (χ0) is 13.6. The normalized spacial score (nSPS) is 40.9. The molecule has 4 fully saturated rings. The molecule has 0 aromatic heterocycles. The fourth-order valence-electron chi connectivity index (χ4n) is 5.28. The van der Waals surface area contributed by atoms with Crippen LogP contribution in [0.15, 0.2) is 0 Å². The molecule has 0 N–H and O–H groups in total. The van der Waals surface area contributed by atoms with E-state index in [4.69, 9.17) is 9.47 Å². The topological polar surface area (TPSA) is 18.5 Å². The minimum Gasteiger partial charge on any atom is -0.349 e. The molecule has 2 nitrogen and oxygen atoms in total. The van der Waals surface area contributed by atoms with Crippen LogP contribution in [0.5, 0.6) is 0 Å². The van der Waals surface area contributed by atoms with Gasteiger partial charge in [-0.05, 0) is 84.0 Å². The van der Waals surface area contributed by atoms with Crippen molar-refractivity contribution in [1.29, 1.82) is 0 Å². The summed E-state index contributed by atoms with van der Waals surface area (Å²) >= 11 is 0. The first kappa shape index (κ1) is 13.9. The van der Waals surface area contributed by atoms with E-state index in [1.54, 1.807) is 0 Å². The fraction of sp³-hybridized carbons (Fsp3) is 1.00. The van der Waals surface area contributed by atoms with E-state index in [-0.39, 0.29) is 18.5 Å². The summed E-state index contributed by atoms with van der Waals surface area (Å²) in [5.41, 5.74) is 0.337. The van der Waals surface area contributed by atoms with E-state index in [0.29, 0.717) is 5.41 Å². The third-order valence-electron chi connectivity index (χ3n) is 5.38. The largest absolute Gasteiger partial charge is 0.349 e. The van der Waals surface area contributed by atoms with Crippen LogP contribution in [0, 0.1) is 23.2 Å². The van der Waals surface area contributed by atoms with E-state index in [1.807, 2.05) is 0 Å². The molecule has 0 aliphatic heterocycles. The molecule has 0 aromatic rings. The van der Waals surface area contributed by atoms with Gasteiger partial charge in [-0.15, -0.1) is 0 Å². The first-order valence-corrected chi connectivity index (χ1v) is 8.28. The third-order valence-corrected chi connectivity index (χ3v) is 5.38. The quantitative estimate of drug-likeness (QED) is 0.688. The molecular weight excluding hydrogens is 236 g/mol. The van der Waals surface area contributed by atoms with Gasteiger partial charge in [0.15, 0.2) is 6.29 Å². The van der Waals surface area contributed by atoms with E-state index < -0.39 is 0 Å². The molecule has 2 heteroatoms. The van der Waals surface area contributed by atoms with Crippen molar-refractivity contribution in [2.24, 2.45) is 23.2 Å². The average molecular weight is 266 g/mol. The van der Waals surface area contributed by atoms with Crippen molar-refractivity contribution in [2.45, 2.75) is 84.7 Å². The maximum atomic E-state index is 6.22. The Morgan fingerprint density at radius 3 is 1.42 bits per heavy atom. The van der Waals surface area contributed by atoms with Crippen molar-refractivity contribution in [3.05, 3.63) is 0 Å². The first-order chi connectivity index (χ1) is 8.97. The van der Waals surface area contributed by atoms with Gasteiger partial charge in [-0.25, -0.2) is 0 Å². The summed E-state index contributed by atoms with van der Waals surface area (Å²) in [5.74, 6) is 2.88. The van der Waals surface area contributed by atoms with Crippen LogP contribution in [0.2, 0.25) is 0 Å². The highest BCUT2D eigenvalue weighted by Gasteiger charge is 2.55. The average Bonchev–Trinajstić information content (AvgIpc) is 2.24. The fourth-order valence-corrected chi connectivity index (χ4v) is 5.28. The lowest BCUT2D eigenvalue weighted by atomic mass is 9.49. The van der Waals surface area contributed by atoms with Crippen molar-refractivity contribution in [3.63, 3.8) is 0 Å². The molecule has 0 heterocycles. The highest BCUT2D eigenvalue weighted by atomic mass is 16.7. The number of hydrogen-bond donors (Lipinski definition) is 0. The Kier molecular flexibility index (Phi) is 3.68. The molecule has 4 rings (SSSR count). The van der Waals surface area contributed by atoms with E-state index in [0.717, 1.165) is 17.8 Å². The maximum absolute atomic E-state index is 6.22. The Morgan fingerprint density at radius 2 is 1.11 bits per heavy atom. The summed E-state index contributed by atoms with van der Waals surface area (Å²) in [6.45, 7) is 8.54. The molecule has 4 saturated carbocycles. The second kappa shape index (κ2) is 5.04. The molecule has 0 radical (unpaired) electrons. The zero-order valence-corrected chi connectivity index (χ0v) is 13.0. The lowest BCUT2D eigenvalue weighted by Gasteiger charge is -2.59. The zero-order valence-electron chi connectivity index (χ0n) is 13.0. The summed E-state index contributed by atoms with van der Waals surface area (Å²) < 4.78 is 12.4. The van der Waals surface area contributed by atoms with Crippen LogP contribution in [-0.2, 0) is 9.47 Å².